The van der Waals surface area contributed by atoms with Gasteiger partial charge in [-0.1, -0.05) is 32.0 Å². The number of aryl methyl sites for hydroxylation is 1. The summed E-state index contributed by atoms with van der Waals surface area (Å²) in [5.41, 5.74) is 17.2. The van der Waals surface area contributed by atoms with Crippen molar-refractivity contribution in [3.05, 3.63) is 70.8 Å². The molecule has 3 aromatic rings. The fraction of sp³-hybridized carbons (Fsp3) is 0.441. The van der Waals surface area contributed by atoms with Crippen molar-refractivity contribution in [3.8, 4) is 17.2 Å². The smallest absolute Gasteiger partial charge is 0.306 e. The van der Waals surface area contributed by atoms with Crippen molar-refractivity contribution in [3.63, 3.8) is 0 Å². The summed E-state index contributed by atoms with van der Waals surface area (Å²) >= 11 is 1.66. The summed E-state index contributed by atoms with van der Waals surface area (Å²) in [4.78, 5) is 13.8. The maximum absolute atomic E-state index is 12.8. The number of hydrogen-bond donors (Lipinski definition) is 3. The molecule has 0 fully saturated rings. The molecule has 2 atom stereocenters. The number of methoxy groups -OCH3 is 1. The minimum absolute atomic E-state index is 0.0341. The molecule has 4 rings (SSSR count). The molecular formula is C34H49N5O5S. The Bertz CT molecular complexity index is 1420. The molecule has 2 unspecified atom stereocenters. The van der Waals surface area contributed by atoms with E-state index in [0.717, 1.165) is 45.2 Å². The number of nitrogen functional groups attached to an aromatic ring is 1. The van der Waals surface area contributed by atoms with Gasteiger partial charge in [-0.2, -0.15) is 0 Å². The Kier molecular flexibility index (Phi) is 13.7. The van der Waals surface area contributed by atoms with Crippen LogP contribution in [-0.2, 0) is 16.1 Å². The second-order valence-electron chi connectivity index (χ2n) is 10.6. The number of fused-ring (bicyclic) bond motifs is 1. The van der Waals surface area contributed by atoms with Gasteiger partial charge < -0.3 is 35.4 Å². The van der Waals surface area contributed by atoms with Gasteiger partial charge in [0.15, 0.2) is 0 Å². The van der Waals surface area contributed by atoms with Crippen LogP contribution in [0.5, 0.6) is 17.2 Å². The molecule has 0 bridgehead atoms. The van der Waals surface area contributed by atoms with E-state index in [1.807, 2.05) is 44.2 Å². The second-order valence-corrected chi connectivity index (χ2v) is 11.7. The maximum atomic E-state index is 12.8. The van der Waals surface area contributed by atoms with E-state index in [0.29, 0.717) is 43.4 Å². The van der Waals surface area contributed by atoms with Gasteiger partial charge in [0.05, 0.1) is 30.7 Å². The summed E-state index contributed by atoms with van der Waals surface area (Å²) in [5, 5.41) is 1.43. The van der Waals surface area contributed by atoms with Crippen LogP contribution in [0.4, 0.5) is 11.4 Å². The van der Waals surface area contributed by atoms with E-state index in [1.165, 1.54) is 5.01 Å². The lowest BCUT2D eigenvalue weighted by atomic mass is 9.86. The third-order valence-electron chi connectivity index (χ3n) is 7.22. The maximum Gasteiger partial charge on any atom is 0.306 e. The fourth-order valence-electron chi connectivity index (χ4n) is 5.21. The summed E-state index contributed by atoms with van der Waals surface area (Å²) in [6.07, 6.45) is 0.121. The first kappa shape index (κ1) is 35.8. The number of carbonyl (C=O) groups is 1. The molecule has 1 aliphatic heterocycles. The van der Waals surface area contributed by atoms with Crippen molar-refractivity contribution < 1.29 is 23.7 Å². The minimum atomic E-state index is -0.307. The monoisotopic (exact) mass is 639 g/mol. The highest BCUT2D eigenvalue weighted by atomic mass is 32.2. The SMILES string of the molecule is CC.CCOC(=O)CC(c1ccc(C)c(CN2CC(C)Oc3cc(OCCN)ccc3S2)c1)c1cc(N)c(N(C)N)c(OC)c1. The molecule has 11 heteroatoms. The Labute approximate surface area is 272 Å². The molecule has 6 N–H and O–H groups in total. The molecule has 45 heavy (non-hydrogen) atoms. The van der Waals surface area contributed by atoms with Gasteiger partial charge in [0, 0.05) is 38.7 Å². The lowest BCUT2D eigenvalue weighted by Crippen LogP contribution is -2.27. The average Bonchev–Trinajstić information content (AvgIpc) is 3.17. The predicted octanol–water partition coefficient (Wildman–Crippen LogP) is 5.63. The number of esters is 1. The minimum Gasteiger partial charge on any atom is -0.494 e. The number of hydrazine groups is 1. The quantitative estimate of drug-likeness (QED) is 0.0747. The van der Waals surface area contributed by atoms with Gasteiger partial charge in [-0.05, 0) is 79.2 Å². The highest BCUT2D eigenvalue weighted by molar-refractivity contribution is 7.97. The van der Waals surface area contributed by atoms with E-state index in [9.17, 15) is 4.79 Å². The number of nitrogens with zero attached hydrogens (tertiary/aromatic N) is 2. The number of nitrogens with two attached hydrogens (primary N) is 3. The highest BCUT2D eigenvalue weighted by Gasteiger charge is 2.26. The molecule has 0 spiro atoms. The number of hydrogen-bond acceptors (Lipinski definition) is 11. The first-order valence-corrected chi connectivity index (χ1v) is 16.2. The lowest BCUT2D eigenvalue weighted by Gasteiger charge is -2.25. The van der Waals surface area contributed by atoms with Gasteiger partial charge in [-0.3, -0.25) is 4.79 Å². The molecule has 0 amide bonds. The standard InChI is InChI=1S/C32H43N5O5S.C2H6/c1-6-40-31(38)17-26(23-14-27(34)32(36(4)35)29(15-23)39-5)22-8-7-20(2)24(13-22)19-37-18-21(3)42-28-16-25(41-12-11-33)9-10-30(28)43-37;1-2/h7-10,13-16,21,26H,6,11-12,17-19,33-35H2,1-5H3;1-2H3. The molecule has 0 aliphatic carbocycles. The Morgan fingerprint density at radius 1 is 1.16 bits per heavy atom. The van der Waals surface area contributed by atoms with E-state index in [-0.39, 0.29) is 24.4 Å². The Balaban J connectivity index is 0.00000271. The van der Waals surface area contributed by atoms with Crippen molar-refractivity contribution >= 4 is 29.3 Å². The molecule has 10 nitrogen and oxygen atoms in total. The van der Waals surface area contributed by atoms with Crippen LogP contribution in [0, 0.1) is 6.92 Å². The molecule has 0 saturated carbocycles. The molecule has 1 heterocycles. The summed E-state index contributed by atoms with van der Waals surface area (Å²) < 4.78 is 25.3. The van der Waals surface area contributed by atoms with Crippen LogP contribution < -0.4 is 36.5 Å². The normalized spacial score (nSPS) is 15.0. The van der Waals surface area contributed by atoms with E-state index in [2.05, 4.69) is 36.4 Å². The van der Waals surface area contributed by atoms with Crippen molar-refractivity contribution in [2.45, 2.75) is 64.5 Å². The predicted molar refractivity (Wildman–Crippen MR) is 183 cm³/mol. The lowest BCUT2D eigenvalue weighted by molar-refractivity contribution is -0.143. The van der Waals surface area contributed by atoms with Crippen molar-refractivity contribution in [2.24, 2.45) is 11.6 Å². The number of carbonyl (C=O) groups excluding carboxylic acids is 1. The van der Waals surface area contributed by atoms with Gasteiger partial charge in [0.1, 0.15) is 35.6 Å². The van der Waals surface area contributed by atoms with Crippen LogP contribution in [0.1, 0.15) is 62.3 Å². The van der Waals surface area contributed by atoms with Gasteiger partial charge in [0.25, 0.3) is 0 Å². The van der Waals surface area contributed by atoms with E-state index in [4.69, 9.17) is 36.3 Å². The molecule has 0 aromatic heterocycles. The first-order valence-electron chi connectivity index (χ1n) is 15.4. The molecule has 3 aromatic carbocycles. The number of benzene rings is 3. The van der Waals surface area contributed by atoms with Crippen LogP contribution >= 0.6 is 11.9 Å². The first-order chi connectivity index (χ1) is 21.6. The largest absolute Gasteiger partial charge is 0.494 e. The third-order valence-corrected chi connectivity index (χ3v) is 8.29. The Morgan fingerprint density at radius 2 is 1.91 bits per heavy atom. The molecule has 246 valence electrons. The van der Waals surface area contributed by atoms with Crippen molar-refractivity contribution in [1.29, 1.82) is 0 Å². The van der Waals surface area contributed by atoms with Gasteiger partial charge >= 0.3 is 5.97 Å². The second kappa shape index (κ2) is 17.2. The van der Waals surface area contributed by atoms with Crippen LogP contribution in [0.3, 0.4) is 0 Å². The highest BCUT2D eigenvalue weighted by Crippen LogP contribution is 2.41. The third kappa shape index (κ3) is 9.43. The van der Waals surface area contributed by atoms with Crippen molar-refractivity contribution in [1.82, 2.24) is 4.31 Å². The molecular weight excluding hydrogens is 590 g/mol. The van der Waals surface area contributed by atoms with Gasteiger partial charge in [-0.25, -0.2) is 10.1 Å². The van der Waals surface area contributed by atoms with E-state index >= 15 is 0 Å². The number of anilines is 2. The van der Waals surface area contributed by atoms with Crippen LogP contribution in [0.15, 0.2) is 53.4 Å². The zero-order chi connectivity index (χ0) is 33.1. The summed E-state index contributed by atoms with van der Waals surface area (Å²) in [7, 11) is 3.28. The Morgan fingerprint density at radius 3 is 2.58 bits per heavy atom. The molecule has 0 saturated heterocycles. The summed E-state index contributed by atoms with van der Waals surface area (Å²) in [5.74, 6) is 7.51. The zero-order valence-corrected chi connectivity index (χ0v) is 28.4. The summed E-state index contributed by atoms with van der Waals surface area (Å²) in [6, 6.07) is 16.0. The van der Waals surface area contributed by atoms with E-state index in [1.54, 1.807) is 33.0 Å². The summed E-state index contributed by atoms with van der Waals surface area (Å²) in [6.45, 7) is 12.6. The fourth-order valence-corrected chi connectivity index (χ4v) is 6.30. The van der Waals surface area contributed by atoms with Crippen LogP contribution in [0.2, 0.25) is 0 Å². The van der Waals surface area contributed by atoms with Crippen LogP contribution in [-0.4, -0.2) is 56.8 Å². The molecule has 0 radical (unpaired) electrons. The van der Waals surface area contributed by atoms with Gasteiger partial charge in [-0.15, -0.1) is 0 Å². The number of rotatable bonds is 12. The Hall–Kier alpha value is -3.64. The number of ether oxygens (including phenoxy) is 4. The average molecular weight is 640 g/mol. The van der Waals surface area contributed by atoms with E-state index < -0.39 is 0 Å². The molecule has 1 aliphatic rings. The zero-order valence-electron chi connectivity index (χ0n) is 27.6. The topological polar surface area (TPSA) is 139 Å². The van der Waals surface area contributed by atoms with Gasteiger partial charge in [0.2, 0.25) is 0 Å². The van der Waals surface area contributed by atoms with Crippen molar-refractivity contribution in [2.75, 3.05) is 51.2 Å². The van der Waals surface area contributed by atoms with Crippen LogP contribution in [0.25, 0.3) is 0 Å².